The number of aryl methyl sites for hydroxylation is 1. The van der Waals surface area contributed by atoms with Crippen molar-refractivity contribution in [1.29, 1.82) is 0 Å². The van der Waals surface area contributed by atoms with Gasteiger partial charge in [0.15, 0.2) is 6.61 Å². The van der Waals surface area contributed by atoms with Crippen LogP contribution in [0.25, 0.3) is 10.4 Å². The molecule has 1 aliphatic rings. The van der Waals surface area contributed by atoms with Gasteiger partial charge in [0.2, 0.25) is 0 Å². The number of hydrogen-bond donors (Lipinski definition) is 1. The van der Waals surface area contributed by atoms with Crippen LogP contribution in [-0.4, -0.2) is 18.5 Å². The Balaban J connectivity index is 1.41. The molecule has 0 bridgehead atoms. The predicted octanol–water partition coefficient (Wildman–Crippen LogP) is 4.67. The lowest BCUT2D eigenvalue weighted by Gasteiger charge is -2.16. The zero-order valence-electron chi connectivity index (χ0n) is 15.4. The fourth-order valence-electron chi connectivity index (χ4n) is 3.14. The molecule has 142 valence electrons. The number of carbonyl (C=O) groups excluding carboxylic acids is 2. The van der Waals surface area contributed by atoms with Gasteiger partial charge in [0.05, 0.1) is 0 Å². The van der Waals surface area contributed by atoms with Crippen LogP contribution < -0.4 is 10.1 Å². The van der Waals surface area contributed by atoms with Crippen LogP contribution >= 0.6 is 11.3 Å². The highest BCUT2D eigenvalue weighted by atomic mass is 32.1. The van der Waals surface area contributed by atoms with Gasteiger partial charge < -0.3 is 14.8 Å². The largest absolute Gasteiger partial charge is 0.488 e. The Hall–Kier alpha value is -3.12. The highest BCUT2D eigenvalue weighted by molar-refractivity contribution is 7.17. The molecule has 1 aromatic heterocycles. The number of anilines is 1. The third-order valence-electron chi connectivity index (χ3n) is 4.53. The first-order valence-electron chi connectivity index (χ1n) is 9.05. The van der Waals surface area contributed by atoms with E-state index in [9.17, 15) is 9.59 Å². The minimum Gasteiger partial charge on any atom is -0.488 e. The van der Waals surface area contributed by atoms with Crippen molar-refractivity contribution in [2.45, 2.75) is 20.0 Å². The smallest absolute Gasteiger partial charge is 0.348 e. The maximum atomic E-state index is 12.4. The summed E-state index contributed by atoms with van der Waals surface area (Å²) in [5.74, 6) is -0.0502. The van der Waals surface area contributed by atoms with Gasteiger partial charge in [0, 0.05) is 21.7 Å². The van der Waals surface area contributed by atoms with Crippen LogP contribution in [0, 0.1) is 0 Å². The van der Waals surface area contributed by atoms with Crippen molar-refractivity contribution in [3.8, 4) is 16.2 Å². The quantitative estimate of drug-likeness (QED) is 0.640. The molecule has 0 atom stereocenters. The number of benzene rings is 2. The summed E-state index contributed by atoms with van der Waals surface area (Å²) in [5, 5.41) is 2.80. The molecule has 0 aliphatic carbocycles. The highest BCUT2D eigenvalue weighted by Gasteiger charge is 2.23. The zero-order chi connectivity index (χ0) is 19.5. The van der Waals surface area contributed by atoms with Crippen molar-refractivity contribution >= 4 is 28.9 Å². The number of rotatable bonds is 5. The topological polar surface area (TPSA) is 64.6 Å². The van der Waals surface area contributed by atoms with Crippen LogP contribution in [0.2, 0.25) is 0 Å². The fourth-order valence-corrected chi connectivity index (χ4v) is 4.23. The minimum atomic E-state index is -0.504. The fraction of sp³-hybridized carbons (Fsp3) is 0.182. The number of hydrogen-bond acceptors (Lipinski definition) is 5. The summed E-state index contributed by atoms with van der Waals surface area (Å²) >= 11 is 1.36. The van der Waals surface area contributed by atoms with Gasteiger partial charge in [-0.2, -0.15) is 0 Å². The van der Waals surface area contributed by atoms with Gasteiger partial charge in [0.1, 0.15) is 17.2 Å². The Morgan fingerprint density at radius 3 is 2.79 bits per heavy atom. The predicted molar refractivity (Wildman–Crippen MR) is 109 cm³/mol. The Labute approximate surface area is 166 Å². The molecule has 0 fully saturated rings. The van der Waals surface area contributed by atoms with Crippen LogP contribution in [0.1, 0.15) is 27.7 Å². The lowest BCUT2D eigenvalue weighted by atomic mass is 10.1. The third-order valence-corrected chi connectivity index (χ3v) is 5.72. The van der Waals surface area contributed by atoms with Gasteiger partial charge in [-0.3, -0.25) is 4.79 Å². The minimum absolute atomic E-state index is 0.327. The van der Waals surface area contributed by atoms with E-state index >= 15 is 0 Å². The second-order valence-corrected chi connectivity index (χ2v) is 7.44. The maximum Gasteiger partial charge on any atom is 0.348 e. The van der Waals surface area contributed by atoms with E-state index in [2.05, 4.69) is 5.32 Å². The van der Waals surface area contributed by atoms with E-state index < -0.39 is 5.97 Å². The van der Waals surface area contributed by atoms with Crippen LogP contribution in [-0.2, 0) is 22.6 Å². The standard InChI is InChI=1S/C22H19NO4S/c1-2-14-7-3-5-9-17(14)23-20(24)13-27-22(25)19-11-15-12-26-18-10-6-4-8-16(18)21(15)28-19/h3-11H,2,12-13H2,1H3,(H,23,24). The lowest BCUT2D eigenvalue weighted by molar-refractivity contribution is -0.119. The van der Waals surface area contributed by atoms with Crippen molar-refractivity contribution in [3.63, 3.8) is 0 Å². The molecule has 4 rings (SSSR count). The number of ether oxygens (including phenoxy) is 2. The maximum absolute atomic E-state index is 12.4. The molecular weight excluding hydrogens is 374 g/mol. The number of fused-ring (bicyclic) bond motifs is 3. The van der Waals surface area contributed by atoms with Gasteiger partial charge in [-0.15, -0.1) is 11.3 Å². The molecule has 2 heterocycles. The van der Waals surface area contributed by atoms with E-state index in [0.717, 1.165) is 39.4 Å². The molecule has 1 aliphatic heterocycles. The molecule has 28 heavy (non-hydrogen) atoms. The summed E-state index contributed by atoms with van der Waals surface area (Å²) in [5.41, 5.74) is 3.71. The summed E-state index contributed by atoms with van der Waals surface area (Å²) in [4.78, 5) is 26.1. The van der Waals surface area contributed by atoms with Crippen LogP contribution in [0.5, 0.6) is 5.75 Å². The Bertz CT molecular complexity index is 1040. The molecule has 6 heteroatoms. The van der Waals surface area contributed by atoms with Crippen molar-refractivity contribution in [3.05, 3.63) is 70.6 Å². The van der Waals surface area contributed by atoms with Crippen molar-refractivity contribution in [2.75, 3.05) is 11.9 Å². The Kier molecular flexibility index (Phi) is 5.12. The Morgan fingerprint density at radius 1 is 1.14 bits per heavy atom. The molecule has 1 amide bonds. The van der Waals surface area contributed by atoms with Gasteiger partial charge in [0.25, 0.3) is 5.91 Å². The molecule has 2 aromatic carbocycles. The lowest BCUT2D eigenvalue weighted by Crippen LogP contribution is -2.21. The molecule has 0 unspecified atom stereocenters. The molecule has 5 nitrogen and oxygen atoms in total. The van der Waals surface area contributed by atoms with Crippen molar-refractivity contribution in [2.24, 2.45) is 0 Å². The number of carbonyl (C=O) groups is 2. The number of thiophene rings is 1. The van der Waals surface area contributed by atoms with E-state index in [1.807, 2.05) is 55.5 Å². The average molecular weight is 393 g/mol. The van der Waals surface area contributed by atoms with Gasteiger partial charge in [-0.05, 0) is 36.2 Å². The second kappa shape index (κ2) is 7.86. The summed E-state index contributed by atoms with van der Waals surface area (Å²) in [6.07, 6.45) is 0.806. The van der Waals surface area contributed by atoms with E-state index in [1.54, 1.807) is 6.07 Å². The number of amides is 1. The summed E-state index contributed by atoms with van der Waals surface area (Å²) in [7, 11) is 0. The van der Waals surface area contributed by atoms with Crippen molar-refractivity contribution < 1.29 is 19.1 Å². The first kappa shape index (κ1) is 18.3. The van der Waals surface area contributed by atoms with Crippen LogP contribution in [0.3, 0.4) is 0 Å². The van der Waals surface area contributed by atoms with Crippen LogP contribution in [0.4, 0.5) is 5.69 Å². The number of esters is 1. The van der Waals surface area contributed by atoms with Gasteiger partial charge >= 0.3 is 5.97 Å². The second-order valence-electron chi connectivity index (χ2n) is 6.38. The molecule has 0 radical (unpaired) electrons. The number of para-hydroxylation sites is 2. The molecular formula is C22H19NO4S. The van der Waals surface area contributed by atoms with Crippen LogP contribution in [0.15, 0.2) is 54.6 Å². The summed E-state index contributed by atoms with van der Waals surface area (Å²) < 4.78 is 10.9. The molecule has 0 spiro atoms. The molecule has 3 aromatic rings. The summed E-state index contributed by atoms with van der Waals surface area (Å²) in [6, 6.07) is 17.1. The first-order chi connectivity index (χ1) is 13.7. The first-order valence-corrected chi connectivity index (χ1v) is 9.87. The Morgan fingerprint density at radius 2 is 1.93 bits per heavy atom. The monoisotopic (exact) mass is 393 g/mol. The summed E-state index contributed by atoms with van der Waals surface area (Å²) in [6.45, 7) is 2.11. The molecule has 1 N–H and O–H groups in total. The normalized spacial score (nSPS) is 11.8. The highest BCUT2D eigenvalue weighted by Crippen LogP contribution is 2.42. The van der Waals surface area contributed by atoms with E-state index in [-0.39, 0.29) is 12.5 Å². The van der Waals surface area contributed by atoms with E-state index in [4.69, 9.17) is 9.47 Å². The molecule has 0 saturated carbocycles. The third kappa shape index (κ3) is 3.64. The SMILES string of the molecule is CCc1ccccc1NC(=O)COC(=O)c1cc2c(s1)-c1ccccc1OC2. The van der Waals surface area contributed by atoms with Gasteiger partial charge in [-0.1, -0.05) is 37.3 Å². The zero-order valence-corrected chi connectivity index (χ0v) is 16.2. The number of nitrogens with one attached hydrogen (secondary N) is 1. The van der Waals surface area contributed by atoms with Gasteiger partial charge in [-0.25, -0.2) is 4.79 Å². The van der Waals surface area contributed by atoms with E-state index in [1.165, 1.54) is 11.3 Å². The van der Waals surface area contributed by atoms with Crippen molar-refractivity contribution in [1.82, 2.24) is 0 Å². The van der Waals surface area contributed by atoms with E-state index in [0.29, 0.717) is 11.5 Å². The average Bonchev–Trinajstić information content (AvgIpc) is 3.17. The molecule has 0 saturated heterocycles.